The summed E-state index contributed by atoms with van der Waals surface area (Å²) >= 11 is 0. The molecule has 0 aliphatic carbocycles. The number of nitrogens with one attached hydrogen (secondary N) is 3. The van der Waals surface area contributed by atoms with Crippen LogP contribution in [0.1, 0.15) is 72.2 Å². The van der Waals surface area contributed by atoms with Crippen LogP contribution in [0.2, 0.25) is 0 Å². The van der Waals surface area contributed by atoms with E-state index in [0.29, 0.717) is 36.8 Å². The Kier molecular flexibility index (Phi) is 16.5. The first-order valence-corrected chi connectivity index (χ1v) is 18.7. The van der Waals surface area contributed by atoms with Crippen molar-refractivity contribution in [3.8, 4) is 0 Å². The molecule has 5 N–H and O–H groups in total. The molecule has 3 aromatic rings. The molecule has 13 heteroatoms. The number of aliphatic hydroxyl groups is 2. The third kappa shape index (κ3) is 12.3. The standard InChI is InChI=1S/C37H50N4O8S/c1-4-13-29(14-5-2)50(47,48)25-32(41-36(45)28-19-12-21-38-24-28)37(46)40-31(23-26-15-8-6-9-16-26)34(43)33(42)30(20-22-49-3)39-35(44)27-17-10-7-11-18-27/h6-12,15-19,21,24,29-34,42-43H,4-5,13-14,20,22-23,25H2,1-3H3,(H,39,44)(H,40,46)(H,41,45). The van der Waals surface area contributed by atoms with Crippen LogP contribution in [0, 0.1) is 0 Å². The molecular formula is C37H50N4O8S. The molecule has 50 heavy (non-hydrogen) atoms. The van der Waals surface area contributed by atoms with Crippen molar-refractivity contribution in [3.63, 3.8) is 0 Å². The maximum Gasteiger partial charge on any atom is 0.253 e. The molecule has 2 aromatic carbocycles. The predicted octanol–water partition coefficient (Wildman–Crippen LogP) is 2.85. The lowest BCUT2D eigenvalue weighted by Crippen LogP contribution is -2.60. The highest BCUT2D eigenvalue weighted by molar-refractivity contribution is 7.92. The van der Waals surface area contributed by atoms with Gasteiger partial charge in [0.25, 0.3) is 11.8 Å². The van der Waals surface area contributed by atoms with Crippen molar-refractivity contribution in [1.82, 2.24) is 20.9 Å². The third-order valence-corrected chi connectivity index (χ3v) is 10.7. The Morgan fingerprint density at radius 2 is 1.34 bits per heavy atom. The lowest BCUT2D eigenvalue weighted by molar-refractivity contribution is -0.125. The number of nitrogens with zero attached hydrogens (tertiary/aromatic N) is 1. The molecule has 0 bridgehead atoms. The van der Waals surface area contributed by atoms with Gasteiger partial charge in [-0.2, -0.15) is 0 Å². The zero-order chi connectivity index (χ0) is 36.5. The summed E-state index contributed by atoms with van der Waals surface area (Å²) in [5.41, 5.74) is 1.19. The van der Waals surface area contributed by atoms with E-state index < -0.39 is 68.9 Å². The number of pyridine rings is 1. The monoisotopic (exact) mass is 710 g/mol. The van der Waals surface area contributed by atoms with Crippen molar-refractivity contribution < 1.29 is 37.8 Å². The minimum atomic E-state index is -3.88. The van der Waals surface area contributed by atoms with Gasteiger partial charge in [0.05, 0.1) is 28.6 Å². The molecule has 272 valence electrons. The number of carbonyl (C=O) groups is 3. The molecule has 3 amide bonds. The average Bonchev–Trinajstić information content (AvgIpc) is 3.13. The van der Waals surface area contributed by atoms with E-state index in [1.54, 1.807) is 66.7 Å². The number of ether oxygens (including phenoxy) is 1. The van der Waals surface area contributed by atoms with Crippen LogP contribution in [0.3, 0.4) is 0 Å². The van der Waals surface area contributed by atoms with Crippen LogP contribution in [-0.2, 0) is 25.8 Å². The van der Waals surface area contributed by atoms with Crippen LogP contribution in [0.15, 0.2) is 85.2 Å². The number of aliphatic hydroxyl groups excluding tert-OH is 2. The van der Waals surface area contributed by atoms with Crippen LogP contribution in [-0.4, -0.2) is 96.4 Å². The van der Waals surface area contributed by atoms with Crippen LogP contribution in [0.4, 0.5) is 0 Å². The first kappa shape index (κ1) is 40.3. The van der Waals surface area contributed by atoms with E-state index in [4.69, 9.17) is 4.74 Å². The lowest BCUT2D eigenvalue weighted by atomic mass is 9.92. The molecule has 0 fully saturated rings. The SMILES string of the molecule is CCCC(CCC)S(=O)(=O)CC(NC(=O)c1cccnc1)C(=O)NC(Cc1ccccc1)C(O)C(O)C(CCOC)NC(=O)c1ccccc1. The van der Waals surface area contributed by atoms with Crippen molar-refractivity contribution in [2.24, 2.45) is 0 Å². The minimum absolute atomic E-state index is 0.0404. The van der Waals surface area contributed by atoms with Crippen molar-refractivity contribution in [2.45, 2.75) is 88.0 Å². The van der Waals surface area contributed by atoms with E-state index in [2.05, 4.69) is 20.9 Å². The number of aromatic nitrogens is 1. The number of rotatable bonds is 21. The number of sulfone groups is 1. The van der Waals surface area contributed by atoms with Gasteiger partial charge in [-0.3, -0.25) is 19.4 Å². The fourth-order valence-electron chi connectivity index (χ4n) is 5.74. The van der Waals surface area contributed by atoms with Crippen LogP contribution in [0.5, 0.6) is 0 Å². The first-order valence-electron chi connectivity index (χ1n) is 17.0. The van der Waals surface area contributed by atoms with Gasteiger partial charge in [0.1, 0.15) is 18.2 Å². The Bertz CT molecular complexity index is 1570. The summed E-state index contributed by atoms with van der Waals surface area (Å²) in [6, 6.07) is 16.7. The quantitative estimate of drug-likeness (QED) is 0.111. The van der Waals surface area contributed by atoms with Gasteiger partial charge >= 0.3 is 0 Å². The first-order chi connectivity index (χ1) is 24.0. The van der Waals surface area contributed by atoms with Crippen LogP contribution >= 0.6 is 0 Å². The van der Waals surface area contributed by atoms with Gasteiger partial charge < -0.3 is 30.9 Å². The van der Waals surface area contributed by atoms with Crippen molar-refractivity contribution in [1.29, 1.82) is 0 Å². The number of benzene rings is 2. The van der Waals surface area contributed by atoms with Gasteiger partial charge in [0.2, 0.25) is 5.91 Å². The zero-order valence-corrected chi connectivity index (χ0v) is 29.7. The highest BCUT2D eigenvalue weighted by Crippen LogP contribution is 2.19. The number of carbonyl (C=O) groups excluding carboxylic acids is 3. The molecule has 5 atom stereocenters. The molecule has 0 saturated heterocycles. The molecule has 0 spiro atoms. The molecule has 1 aromatic heterocycles. The summed E-state index contributed by atoms with van der Waals surface area (Å²) in [5, 5.41) is 30.6. The summed E-state index contributed by atoms with van der Waals surface area (Å²) < 4.78 is 32.6. The van der Waals surface area contributed by atoms with Crippen LogP contribution in [0.25, 0.3) is 0 Å². The number of hydrogen-bond acceptors (Lipinski definition) is 9. The molecule has 1 heterocycles. The maximum atomic E-state index is 14.1. The molecule has 0 aliphatic rings. The zero-order valence-electron chi connectivity index (χ0n) is 28.9. The van der Waals surface area contributed by atoms with Gasteiger partial charge in [-0.05, 0) is 55.5 Å². The number of amides is 3. The molecule has 0 aliphatic heterocycles. The van der Waals surface area contributed by atoms with Gasteiger partial charge in [-0.15, -0.1) is 0 Å². The van der Waals surface area contributed by atoms with Crippen LogP contribution < -0.4 is 16.0 Å². The van der Waals surface area contributed by atoms with Gasteiger partial charge in [-0.25, -0.2) is 8.42 Å². The number of methoxy groups -OCH3 is 1. The van der Waals surface area contributed by atoms with E-state index in [1.165, 1.54) is 25.6 Å². The van der Waals surface area contributed by atoms with E-state index in [-0.39, 0.29) is 25.0 Å². The lowest BCUT2D eigenvalue weighted by Gasteiger charge is -2.34. The Balaban J connectivity index is 1.95. The molecule has 5 unspecified atom stereocenters. The molecule has 0 saturated carbocycles. The summed E-state index contributed by atoms with van der Waals surface area (Å²) in [6.07, 6.45) is 1.78. The second-order valence-electron chi connectivity index (χ2n) is 12.3. The third-order valence-electron chi connectivity index (χ3n) is 8.46. The highest BCUT2D eigenvalue weighted by atomic mass is 32.2. The fraction of sp³-hybridized carbons (Fsp3) is 0.459. The van der Waals surface area contributed by atoms with Gasteiger partial charge in [0.15, 0.2) is 9.84 Å². The summed E-state index contributed by atoms with van der Waals surface area (Å²) in [7, 11) is -2.41. The average molecular weight is 711 g/mol. The Morgan fingerprint density at radius 1 is 0.760 bits per heavy atom. The Morgan fingerprint density at radius 3 is 1.92 bits per heavy atom. The van der Waals surface area contributed by atoms with E-state index in [0.717, 1.165) is 0 Å². The number of hydrogen-bond donors (Lipinski definition) is 5. The highest BCUT2D eigenvalue weighted by Gasteiger charge is 2.37. The smallest absolute Gasteiger partial charge is 0.253 e. The maximum absolute atomic E-state index is 14.1. The topological polar surface area (TPSA) is 184 Å². The van der Waals surface area contributed by atoms with Crippen molar-refractivity contribution >= 4 is 27.6 Å². The normalized spacial score (nSPS) is 14.6. The van der Waals surface area contributed by atoms with Crippen molar-refractivity contribution in [3.05, 3.63) is 102 Å². The Labute approximate surface area is 295 Å². The summed E-state index contributed by atoms with van der Waals surface area (Å²) in [5.74, 6) is -2.69. The van der Waals surface area contributed by atoms with E-state index in [9.17, 15) is 33.0 Å². The van der Waals surface area contributed by atoms with E-state index >= 15 is 0 Å². The largest absolute Gasteiger partial charge is 0.388 e. The second kappa shape index (κ2) is 20.5. The molecule has 12 nitrogen and oxygen atoms in total. The Hall–Kier alpha value is -4.17. The molecule has 0 radical (unpaired) electrons. The minimum Gasteiger partial charge on any atom is -0.388 e. The predicted molar refractivity (Wildman–Crippen MR) is 191 cm³/mol. The van der Waals surface area contributed by atoms with Crippen molar-refractivity contribution in [2.75, 3.05) is 19.5 Å². The molecular weight excluding hydrogens is 660 g/mol. The molecule has 3 rings (SSSR count). The second-order valence-corrected chi connectivity index (χ2v) is 14.6. The van der Waals surface area contributed by atoms with E-state index in [1.807, 2.05) is 13.8 Å². The summed E-state index contributed by atoms with van der Waals surface area (Å²) in [4.78, 5) is 44.3. The fourth-order valence-corrected chi connectivity index (χ4v) is 7.90. The summed E-state index contributed by atoms with van der Waals surface area (Å²) in [6.45, 7) is 3.92. The van der Waals surface area contributed by atoms with Gasteiger partial charge in [-0.1, -0.05) is 75.2 Å². The van der Waals surface area contributed by atoms with Gasteiger partial charge in [0, 0.05) is 31.7 Å².